The Hall–Kier alpha value is -0.500. The van der Waals surface area contributed by atoms with Crippen LogP contribution < -0.4 is 5.73 Å². The maximum atomic E-state index is 5.19. The topological polar surface area (TPSA) is 35.2 Å². The molecule has 2 N–H and O–H groups in total. The van der Waals surface area contributed by atoms with E-state index in [1.165, 1.54) is 0 Å². The summed E-state index contributed by atoms with van der Waals surface area (Å²) in [5.41, 5.74) is 5.19. The third kappa shape index (κ3) is 3.68. The Morgan fingerprint density at radius 3 is 2.75 bits per heavy atom. The summed E-state index contributed by atoms with van der Waals surface area (Å²) in [5, 5.41) is 0. The van der Waals surface area contributed by atoms with Gasteiger partial charge in [-0.15, -0.1) is 0 Å². The number of nitrogens with two attached hydrogens (primary N) is 1. The molecule has 0 radical (unpaired) electrons. The number of ether oxygens (including phenoxy) is 1. The second-order valence-electron chi connectivity index (χ2n) is 1.59. The lowest BCUT2D eigenvalue weighted by molar-refractivity contribution is 0.211. The highest BCUT2D eigenvalue weighted by Gasteiger charge is 1.85. The van der Waals surface area contributed by atoms with Crippen molar-refractivity contribution in [3.05, 3.63) is 12.3 Å². The van der Waals surface area contributed by atoms with Gasteiger partial charge >= 0.3 is 0 Å². The van der Waals surface area contributed by atoms with Crippen LogP contribution in [0.3, 0.4) is 0 Å². The highest BCUT2D eigenvalue weighted by atomic mass is 16.5. The third-order valence-electron chi connectivity index (χ3n) is 0.738. The van der Waals surface area contributed by atoms with Crippen LogP contribution in [-0.2, 0) is 4.74 Å². The van der Waals surface area contributed by atoms with Gasteiger partial charge in [-0.1, -0.05) is 13.5 Å². The van der Waals surface area contributed by atoms with Crippen molar-refractivity contribution in [2.24, 2.45) is 5.73 Å². The van der Waals surface area contributed by atoms with Gasteiger partial charge < -0.3 is 10.5 Å². The summed E-state index contributed by atoms with van der Waals surface area (Å²) in [6.07, 6.45) is 1.01. The Morgan fingerprint density at radius 1 is 1.75 bits per heavy atom. The molecule has 0 saturated carbocycles. The average molecular weight is 115 g/mol. The second-order valence-corrected chi connectivity index (χ2v) is 1.59. The summed E-state index contributed by atoms with van der Waals surface area (Å²) in [6.45, 7) is 6.77. The van der Waals surface area contributed by atoms with Crippen molar-refractivity contribution >= 4 is 0 Å². The minimum Gasteiger partial charge on any atom is -0.497 e. The van der Waals surface area contributed by atoms with Gasteiger partial charge in [-0.3, -0.25) is 0 Å². The monoisotopic (exact) mass is 115 g/mol. The van der Waals surface area contributed by atoms with Crippen molar-refractivity contribution in [3.8, 4) is 0 Å². The van der Waals surface area contributed by atoms with E-state index in [2.05, 4.69) is 6.58 Å². The molecule has 0 aromatic rings. The summed E-state index contributed by atoms with van der Waals surface area (Å²) >= 11 is 0. The quantitative estimate of drug-likeness (QED) is 0.552. The molecule has 0 fully saturated rings. The third-order valence-corrected chi connectivity index (χ3v) is 0.738. The van der Waals surface area contributed by atoms with E-state index in [1.807, 2.05) is 6.92 Å². The van der Waals surface area contributed by atoms with Gasteiger partial charge in [-0.25, -0.2) is 0 Å². The average Bonchev–Trinajstić information content (AvgIpc) is 1.83. The van der Waals surface area contributed by atoms with E-state index < -0.39 is 0 Å². The number of rotatable bonds is 4. The molecule has 48 valence electrons. The molecule has 8 heavy (non-hydrogen) atoms. The molecule has 0 amide bonds. The van der Waals surface area contributed by atoms with Crippen molar-refractivity contribution in [1.29, 1.82) is 0 Å². The first-order valence-corrected chi connectivity index (χ1v) is 2.82. The van der Waals surface area contributed by atoms with Crippen molar-refractivity contribution in [2.75, 3.05) is 13.2 Å². The number of hydrogen-bond donors (Lipinski definition) is 1. The molecule has 0 bridgehead atoms. The molecular weight excluding hydrogens is 102 g/mol. The fourth-order valence-corrected chi connectivity index (χ4v) is 0.305. The minimum atomic E-state index is 0.431. The van der Waals surface area contributed by atoms with Gasteiger partial charge in [0.1, 0.15) is 5.76 Å². The molecular formula is C6H13NO. The van der Waals surface area contributed by atoms with Gasteiger partial charge in [0.15, 0.2) is 0 Å². The van der Waals surface area contributed by atoms with Gasteiger partial charge in [0.05, 0.1) is 13.2 Å². The predicted octanol–water partition coefficient (Wildman–Crippen LogP) is 0.885. The molecule has 2 heteroatoms. The summed E-state index contributed by atoms with van der Waals surface area (Å²) in [6, 6.07) is 0. The summed E-state index contributed by atoms with van der Waals surface area (Å²) in [4.78, 5) is 0. The molecule has 0 aliphatic carbocycles. The maximum Gasteiger partial charge on any atom is 0.102 e. The van der Waals surface area contributed by atoms with Crippen LogP contribution in [-0.4, -0.2) is 13.2 Å². The zero-order valence-electron chi connectivity index (χ0n) is 5.31. The predicted molar refractivity (Wildman–Crippen MR) is 34.4 cm³/mol. The zero-order valence-corrected chi connectivity index (χ0v) is 5.31. The Morgan fingerprint density at radius 2 is 2.38 bits per heavy atom. The fraction of sp³-hybridized carbons (Fsp3) is 0.667. The standard InChI is InChI=1S/C6H13NO/c1-3-4-8-6(2)5-7/h2-5,7H2,1H3. The van der Waals surface area contributed by atoms with E-state index in [9.17, 15) is 0 Å². The zero-order chi connectivity index (χ0) is 6.41. The number of hydrogen-bond acceptors (Lipinski definition) is 2. The molecule has 0 aromatic carbocycles. The van der Waals surface area contributed by atoms with Crippen LogP contribution in [0.25, 0.3) is 0 Å². The molecule has 2 nitrogen and oxygen atoms in total. The molecule has 0 unspecified atom stereocenters. The van der Waals surface area contributed by atoms with Crippen molar-refractivity contribution < 1.29 is 4.74 Å². The molecule has 0 spiro atoms. The fourth-order valence-electron chi connectivity index (χ4n) is 0.305. The van der Waals surface area contributed by atoms with E-state index in [0.29, 0.717) is 12.3 Å². The van der Waals surface area contributed by atoms with Gasteiger partial charge in [0.2, 0.25) is 0 Å². The SMILES string of the molecule is C=C(CN)OCCC. The normalized spacial score (nSPS) is 8.75. The van der Waals surface area contributed by atoms with Crippen LogP contribution in [0.1, 0.15) is 13.3 Å². The Labute approximate surface area is 50.3 Å². The minimum absolute atomic E-state index is 0.431. The summed E-state index contributed by atoms with van der Waals surface area (Å²) in [5.74, 6) is 0.673. The Kier molecular flexibility index (Phi) is 4.36. The van der Waals surface area contributed by atoms with Gasteiger partial charge in [0.25, 0.3) is 0 Å². The molecule has 0 saturated heterocycles. The molecule has 0 heterocycles. The largest absolute Gasteiger partial charge is 0.497 e. The van der Waals surface area contributed by atoms with Crippen LogP contribution in [0, 0.1) is 0 Å². The lowest BCUT2D eigenvalue weighted by atomic mass is 10.5. The van der Waals surface area contributed by atoms with Crippen molar-refractivity contribution in [1.82, 2.24) is 0 Å². The van der Waals surface area contributed by atoms with Crippen LogP contribution in [0.2, 0.25) is 0 Å². The van der Waals surface area contributed by atoms with Crippen LogP contribution in [0.15, 0.2) is 12.3 Å². The van der Waals surface area contributed by atoms with Crippen molar-refractivity contribution in [3.63, 3.8) is 0 Å². The van der Waals surface area contributed by atoms with Gasteiger partial charge in [0, 0.05) is 0 Å². The van der Waals surface area contributed by atoms with Crippen LogP contribution in [0.4, 0.5) is 0 Å². The lowest BCUT2D eigenvalue weighted by Crippen LogP contribution is -2.05. The van der Waals surface area contributed by atoms with E-state index in [1.54, 1.807) is 0 Å². The molecule has 0 aliphatic heterocycles. The molecule has 0 rings (SSSR count). The first-order chi connectivity index (χ1) is 3.81. The van der Waals surface area contributed by atoms with Crippen LogP contribution in [0.5, 0.6) is 0 Å². The second kappa shape index (κ2) is 4.65. The van der Waals surface area contributed by atoms with E-state index in [0.717, 1.165) is 13.0 Å². The Bertz CT molecular complexity index is 70.9. The highest BCUT2D eigenvalue weighted by Crippen LogP contribution is 1.89. The first-order valence-electron chi connectivity index (χ1n) is 2.82. The van der Waals surface area contributed by atoms with E-state index >= 15 is 0 Å². The Balaban J connectivity index is 2.99. The van der Waals surface area contributed by atoms with Crippen LogP contribution >= 0.6 is 0 Å². The van der Waals surface area contributed by atoms with E-state index in [4.69, 9.17) is 10.5 Å². The highest BCUT2D eigenvalue weighted by molar-refractivity contribution is 4.82. The van der Waals surface area contributed by atoms with E-state index in [-0.39, 0.29) is 0 Å². The molecule has 0 atom stereocenters. The summed E-state index contributed by atoms with van der Waals surface area (Å²) < 4.78 is 5.02. The first kappa shape index (κ1) is 7.50. The van der Waals surface area contributed by atoms with Crippen molar-refractivity contribution in [2.45, 2.75) is 13.3 Å². The molecule has 0 aliphatic rings. The van der Waals surface area contributed by atoms with Gasteiger partial charge in [-0.05, 0) is 6.42 Å². The molecule has 0 aromatic heterocycles. The maximum absolute atomic E-state index is 5.19. The van der Waals surface area contributed by atoms with Gasteiger partial charge in [-0.2, -0.15) is 0 Å². The smallest absolute Gasteiger partial charge is 0.102 e. The lowest BCUT2D eigenvalue weighted by Gasteiger charge is -2.02. The summed E-state index contributed by atoms with van der Waals surface area (Å²) in [7, 11) is 0.